The van der Waals surface area contributed by atoms with Gasteiger partial charge in [-0.05, 0) is 12.8 Å². The molecule has 17 heavy (non-hydrogen) atoms. The van der Waals surface area contributed by atoms with Gasteiger partial charge in [-0.2, -0.15) is 0 Å². The van der Waals surface area contributed by atoms with Crippen molar-refractivity contribution < 1.29 is 19.4 Å². The molecule has 5 nitrogen and oxygen atoms in total. The molecule has 0 spiro atoms. The average Bonchev–Trinajstić information content (AvgIpc) is 2.52. The second kappa shape index (κ2) is 5.38. The minimum Gasteiger partial charge on any atom is -0.450 e. The highest BCUT2D eigenvalue weighted by atomic mass is 16.7. The van der Waals surface area contributed by atoms with E-state index >= 15 is 0 Å². The molecule has 1 saturated carbocycles. The Kier molecular flexibility index (Phi) is 3.86. The molecule has 0 aromatic carbocycles. The molecule has 1 atom stereocenters. The van der Waals surface area contributed by atoms with Gasteiger partial charge in [0.25, 0.3) is 0 Å². The van der Waals surface area contributed by atoms with Crippen molar-refractivity contribution >= 4 is 12.1 Å². The third kappa shape index (κ3) is 3.11. The lowest BCUT2D eigenvalue weighted by Crippen LogP contribution is -2.37. The highest BCUT2D eigenvalue weighted by molar-refractivity contribution is 5.79. The summed E-state index contributed by atoms with van der Waals surface area (Å²) < 4.78 is 4.69. The van der Waals surface area contributed by atoms with Crippen molar-refractivity contribution in [3.63, 3.8) is 0 Å². The molecule has 1 aliphatic heterocycles. The molecule has 2 fully saturated rings. The maximum Gasteiger partial charge on any atom is 0.506 e. The molecule has 2 aliphatic rings. The minimum atomic E-state index is -1.29. The number of carbonyl (C=O) groups is 2. The Labute approximate surface area is 101 Å². The Hall–Kier alpha value is -1.26. The summed E-state index contributed by atoms with van der Waals surface area (Å²) in [5.41, 5.74) is 0. The van der Waals surface area contributed by atoms with E-state index < -0.39 is 12.3 Å². The Balaban J connectivity index is 1.92. The molecule has 0 radical (unpaired) electrons. The van der Waals surface area contributed by atoms with Crippen molar-refractivity contribution in [2.24, 2.45) is 0 Å². The topological polar surface area (TPSA) is 66.8 Å². The van der Waals surface area contributed by atoms with Crippen LogP contribution in [0.3, 0.4) is 0 Å². The molecular weight excluding hydrogens is 222 g/mol. The largest absolute Gasteiger partial charge is 0.506 e. The third-order valence-corrected chi connectivity index (χ3v) is 3.66. The van der Waals surface area contributed by atoms with Crippen LogP contribution >= 0.6 is 0 Å². The van der Waals surface area contributed by atoms with Crippen molar-refractivity contribution in [3.8, 4) is 0 Å². The molecule has 0 aromatic rings. The van der Waals surface area contributed by atoms with Crippen molar-refractivity contribution in [3.05, 3.63) is 0 Å². The van der Waals surface area contributed by atoms with Gasteiger partial charge in [-0.1, -0.05) is 25.7 Å². The van der Waals surface area contributed by atoms with Crippen LogP contribution in [0, 0.1) is 0 Å². The summed E-state index contributed by atoms with van der Waals surface area (Å²) in [6, 6.07) is 0.299. The summed E-state index contributed by atoms with van der Waals surface area (Å²) >= 11 is 0. The van der Waals surface area contributed by atoms with Crippen LogP contribution in [0.2, 0.25) is 0 Å². The Bertz CT molecular complexity index is 297. The summed E-state index contributed by atoms with van der Waals surface area (Å²) in [7, 11) is 0. The molecule has 0 bridgehead atoms. The van der Waals surface area contributed by atoms with Crippen LogP contribution in [0.15, 0.2) is 0 Å². The Morgan fingerprint density at radius 3 is 2.47 bits per heavy atom. The lowest BCUT2D eigenvalue weighted by atomic mass is 10.1. The van der Waals surface area contributed by atoms with Crippen LogP contribution in [0.25, 0.3) is 0 Å². The molecule has 0 aromatic heterocycles. The molecule has 5 heteroatoms. The number of hydrogen-bond acceptors (Lipinski definition) is 3. The first-order chi connectivity index (χ1) is 8.16. The van der Waals surface area contributed by atoms with Gasteiger partial charge in [0.2, 0.25) is 5.91 Å². The van der Waals surface area contributed by atoms with E-state index in [0.29, 0.717) is 12.6 Å². The van der Waals surface area contributed by atoms with Gasteiger partial charge in [0.05, 0.1) is 13.0 Å². The highest BCUT2D eigenvalue weighted by Gasteiger charge is 2.36. The highest BCUT2D eigenvalue weighted by Crippen LogP contribution is 2.26. The molecule has 1 heterocycles. The number of rotatable bonds is 2. The minimum absolute atomic E-state index is 0.0446. The lowest BCUT2D eigenvalue weighted by Gasteiger charge is -2.26. The van der Waals surface area contributed by atoms with Crippen LogP contribution in [0.5, 0.6) is 0 Å². The van der Waals surface area contributed by atoms with E-state index in [1.54, 1.807) is 0 Å². The fourth-order valence-corrected chi connectivity index (χ4v) is 2.84. The van der Waals surface area contributed by atoms with E-state index in [-0.39, 0.29) is 12.3 Å². The van der Waals surface area contributed by atoms with E-state index in [9.17, 15) is 9.59 Å². The molecule has 1 unspecified atom stereocenters. The zero-order valence-corrected chi connectivity index (χ0v) is 9.93. The van der Waals surface area contributed by atoms with Gasteiger partial charge in [0.15, 0.2) is 0 Å². The third-order valence-electron chi connectivity index (χ3n) is 3.66. The quantitative estimate of drug-likeness (QED) is 0.593. The number of carbonyl (C=O) groups excluding carboxylic acids is 1. The summed E-state index contributed by atoms with van der Waals surface area (Å²) in [5, 5.41) is 8.55. The van der Waals surface area contributed by atoms with Crippen molar-refractivity contribution in [1.82, 2.24) is 4.90 Å². The molecule has 1 saturated heterocycles. The van der Waals surface area contributed by atoms with Crippen LogP contribution in [0.1, 0.15) is 44.9 Å². The van der Waals surface area contributed by atoms with Gasteiger partial charge >= 0.3 is 6.16 Å². The van der Waals surface area contributed by atoms with E-state index in [4.69, 9.17) is 5.11 Å². The first-order valence-electron chi connectivity index (χ1n) is 6.36. The van der Waals surface area contributed by atoms with Crippen molar-refractivity contribution in [2.75, 3.05) is 6.54 Å². The van der Waals surface area contributed by atoms with Gasteiger partial charge in [-0.25, -0.2) is 4.79 Å². The van der Waals surface area contributed by atoms with Gasteiger partial charge in [-0.3, -0.25) is 4.79 Å². The second-order valence-electron chi connectivity index (χ2n) is 4.90. The van der Waals surface area contributed by atoms with E-state index in [1.165, 1.54) is 25.7 Å². The van der Waals surface area contributed by atoms with Crippen molar-refractivity contribution in [1.29, 1.82) is 0 Å². The number of likely N-dealkylation sites (tertiary alicyclic amines) is 1. The standard InChI is InChI=1S/C12H19NO4/c14-11-7-10(17-12(15)16)8-13(11)9-5-3-1-2-4-6-9/h9-10H,1-8H2,(H,15,16). The predicted molar refractivity (Wildman–Crippen MR) is 60.7 cm³/mol. The van der Waals surface area contributed by atoms with E-state index in [1.807, 2.05) is 4.90 Å². The summed E-state index contributed by atoms with van der Waals surface area (Å²) in [6.45, 7) is 0.440. The Morgan fingerprint density at radius 1 is 1.24 bits per heavy atom. The molecule has 1 N–H and O–H groups in total. The second-order valence-corrected chi connectivity index (χ2v) is 4.90. The molecule has 1 amide bonds. The monoisotopic (exact) mass is 241 g/mol. The first-order valence-corrected chi connectivity index (χ1v) is 6.36. The molecule has 2 rings (SSSR count). The van der Waals surface area contributed by atoms with Gasteiger partial charge in [0, 0.05) is 6.04 Å². The fourth-order valence-electron chi connectivity index (χ4n) is 2.84. The number of carboxylic acid groups (broad SMARTS) is 1. The van der Waals surface area contributed by atoms with Gasteiger partial charge in [-0.15, -0.1) is 0 Å². The van der Waals surface area contributed by atoms with Crippen molar-refractivity contribution in [2.45, 2.75) is 57.1 Å². The van der Waals surface area contributed by atoms with E-state index in [0.717, 1.165) is 12.8 Å². The van der Waals surface area contributed by atoms with Crippen LogP contribution in [0.4, 0.5) is 4.79 Å². The zero-order chi connectivity index (χ0) is 12.3. The predicted octanol–water partition coefficient (Wildman–Crippen LogP) is 2.00. The Morgan fingerprint density at radius 2 is 1.88 bits per heavy atom. The first kappa shape index (κ1) is 12.2. The maximum absolute atomic E-state index is 11.8. The average molecular weight is 241 g/mol. The number of ether oxygens (including phenoxy) is 1. The number of amides is 1. The number of nitrogens with zero attached hydrogens (tertiary/aromatic N) is 1. The summed E-state index contributed by atoms with van der Waals surface area (Å²) in [4.78, 5) is 24.1. The molecule has 1 aliphatic carbocycles. The fraction of sp³-hybridized carbons (Fsp3) is 0.833. The van der Waals surface area contributed by atoms with Gasteiger partial charge in [0.1, 0.15) is 6.10 Å². The lowest BCUT2D eigenvalue weighted by molar-refractivity contribution is -0.129. The summed E-state index contributed by atoms with van der Waals surface area (Å²) in [6.07, 6.45) is 5.37. The normalized spacial score (nSPS) is 26.9. The van der Waals surface area contributed by atoms with Gasteiger partial charge < -0.3 is 14.7 Å². The number of hydrogen-bond donors (Lipinski definition) is 1. The zero-order valence-electron chi connectivity index (χ0n) is 9.93. The van der Waals surface area contributed by atoms with Crippen LogP contribution in [-0.2, 0) is 9.53 Å². The summed E-state index contributed by atoms with van der Waals surface area (Å²) in [5.74, 6) is 0.0446. The SMILES string of the molecule is O=C(O)OC1CC(=O)N(C2CCCCCC2)C1. The smallest absolute Gasteiger partial charge is 0.450 e. The molecular formula is C12H19NO4. The van der Waals surface area contributed by atoms with Crippen LogP contribution in [-0.4, -0.2) is 40.8 Å². The van der Waals surface area contributed by atoms with E-state index in [2.05, 4.69) is 4.74 Å². The molecule has 96 valence electrons. The van der Waals surface area contributed by atoms with Crippen LogP contribution < -0.4 is 0 Å². The maximum atomic E-state index is 11.8.